The molecule has 1 aromatic carbocycles. The van der Waals surface area contributed by atoms with Crippen molar-refractivity contribution in [2.45, 2.75) is 6.18 Å². The average molecular weight is 432 g/mol. The fraction of sp³-hybridized carbons (Fsp3) is 0.133. The molecule has 0 unspecified atom stereocenters. The van der Waals surface area contributed by atoms with Crippen molar-refractivity contribution in [3.8, 4) is 11.3 Å². The zero-order chi connectivity index (χ0) is 20.5. The van der Waals surface area contributed by atoms with Crippen LogP contribution in [0.25, 0.3) is 11.3 Å². The van der Waals surface area contributed by atoms with Crippen LogP contribution in [-0.2, 0) is 16.2 Å². The van der Waals surface area contributed by atoms with E-state index in [0.717, 1.165) is 29.7 Å². The lowest BCUT2D eigenvalue weighted by Crippen LogP contribution is -2.10. The molecule has 0 bridgehead atoms. The van der Waals surface area contributed by atoms with Gasteiger partial charge in [-0.15, -0.1) is 10.2 Å². The quantitative estimate of drug-likeness (QED) is 0.638. The zero-order valence-corrected chi connectivity index (χ0v) is 15.6. The summed E-state index contributed by atoms with van der Waals surface area (Å²) < 4.78 is 68.1. The maximum absolute atomic E-state index is 12.8. The first-order valence-corrected chi connectivity index (χ1v) is 10.1. The monoisotopic (exact) mass is 432 g/mol. The van der Waals surface area contributed by atoms with Gasteiger partial charge in [-0.1, -0.05) is 23.5 Å². The summed E-state index contributed by atoms with van der Waals surface area (Å²) in [7, 11) is -3.54. The van der Waals surface area contributed by atoms with Crippen LogP contribution in [0, 0.1) is 0 Å². The van der Waals surface area contributed by atoms with Gasteiger partial charge in [-0.3, -0.25) is 14.8 Å². The van der Waals surface area contributed by atoms with E-state index >= 15 is 0 Å². The van der Waals surface area contributed by atoms with Crippen LogP contribution in [0.1, 0.15) is 16.1 Å². The highest BCUT2D eigenvalue weighted by Gasteiger charge is 2.30. The number of furan rings is 1. The minimum absolute atomic E-state index is 0.00756. The maximum atomic E-state index is 12.8. The number of aromatic nitrogens is 2. The Morgan fingerprint density at radius 1 is 1.14 bits per heavy atom. The lowest BCUT2D eigenvalue weighted by Gasteiger charge is -2.07. The minimum Gasteiger partial charge on any atom is -0.451 e. The molecule has 0 aliphatic heterocycles. The smallest absolute Gasteiger partial charge is 0.416 e. The van der Waals surface area contributed by atoms with Crippen LogP contribution in [0.5, 0.6) is 0 Å². The van der Waals surface area contributed by atoms with Crippen molar-refractivity contribution in [2.75, 3.05) is 16.3 Å². The van der Waals surface area contributed by atoms with Crippen molar-refractivity contribution >= 4 is 37.5 Å². The molecular formula is C15H11F3N4O4S2. The van der Waals surface area contributed by atoms with Gasteiger partial charge in [0.15, 0.2) is 5.76 Å². The van der Waals surface area contributed by atoms with Crippen LogP contribution in [0.2, 0.25) is 0 Å². The molecule has 0 atom stereocenters. The number of alkyl halides is 3. The molecule has 2 aromatic heterocycles. The van der Waals surface area contributed by atoms with E-state index < -0.39 is 27.7 Å². The number of hydrogen-bond donors (Lipinski definition) is 2. The van der Waals surface area contributed by atoms with Crippen molar-refractivity contribution in [3.05, 3.63) is 47.7 Å². The second-order valence-electron chi connectivity index (χ2n) is 5.48. The third-order valence-corrected chi connectivity index (χ3v) is 4.67. The molecule has 0 aliphatic rings. The highest BCUT2D eigenvalue weighted by molar-refractivity contribution is 7.92. The van der Waals surface area contributed by atoms with E-state index in [1.54, 1.807) is 0 Å². The topological polar surface area (TPSA) is 114 Å². The van der Waals surface area contributed by atoms with Crippen LogP contribution >= 0.6 is 11.3 Å². The highest BCUT2D eigenvalue weighted by Crippen LogP contribution is 2.32. The molecule has 8 nitrogen and oxygen atoms in total. The number of rotatable bonds is 5. The predicted molar refractivity (Wildman–Crippen MR) is 95.5 cm³/mol. The van der Waals surface area contributed by atoms with Crippen LogP contribution in [0.4, 0.5) is 23.4 Å². The van der Waals surface area contributed by atoms with E-state index in [4.69, 9.17) is 4.42 Å². The van der Waals surface area contributed by atoms with E-state index in [-0.39, 0.29) is 27.3 Å². The minimum atomic E-state index is -4.50. The largest absolute Gasteiger partial charge is 0.451 e. The van der Waals surface area contributed by atoms with Gasteiger partial charge in [0.05, 0.1) is 11.8 Å². The molecule has 28 heavy (non-hydrogen) atoms. The second kappa shape index (κ2) is 7.24. The lowest BCUT2D eigenvalue weighted by molar-refractivity contribution is -0.137. The standard InChI is InChI=1S/C15H11F3N4O4S2/c1-28(24,25)22-14-21-20-13(27-14)19-12(23)11-6-5-10(26-11)8-3-2-4-9(7-8)15(16,17)18/h2-7H,1H3,(H,21,22)(H,19,20,23). The van der Waals surface area contributed by atoms with Gasteiger partial charge in [-0.2, -0.15) is 13.2 Å². The molecule has 148 valence electrons. The molecule has 0 spiro atoms. The summed E-state index contributed by atoms with van der Waals surface area (Å²) in [5.41, 5.74) is -0.684. The van der Waals surface area contributed by atoms with Crippen LogP contribution in [0.3, 0.4) is 0 Å². The number of sulfonamides is 1. The SMILES string of the molecule is CS(=O)(=O)Nc1nnc(NC(=O)c2ccc(-c3cccc(C(F)(F)F)c3)o2)s1. The van der Waals surface area contributed by atoms with Gasteiger partial charge in [0.25, 0.3) is 5.91 Å². The molecule has 0 fully saturated rings. The van der Waals surface area contributed by atoms with E-state index in [2.05, 4.69) is 20.2 Å². The Bertz CT molecular complexity index is 1120. The first-order valence-electron chi connectivity index (χ1n) is 7.41. The molecule has 0 radical (unpaired) electrons. The first-order chi connectivity index (χ1) is 13.0. The molecule has 3 rings (SSSR count). The summed E-state index contributed by atoms with van der Waals surface area (Å²) in [4.78, 5) is 12.2. The number of nitrogens with zero attached hydrogens (tertiary/aromatic N) is 2. The Morgan fingerprint density at radius 2 is 1.86 bits per heavy atom. The van der Waals surface area contributed by atoms with Gasteiger partial charge in [0.2, 0.25) is 20.3 Å². The van der Waals surface area contributed by atoms with Crippen LogP contribution < -0.4 is 10.0 Å². The number of amides is 1. The summed E-state index contributed by atoms with van der Waals surface area (Å²) >= 11 is 0.780. The molecule has 1 amide bonds. The van der Waals surface area contributed by atoms with Gasteiger partial charge >= 0.3 is 6.18 Å². The third kappa shape index (κ3) is 4.86. The van der Waals surface area contributed by atoms with Crippen molar-refractivity contribution < 1.29 is 30.8 Å². The number of carbonyl (C=O) groups excluding carboxylic acids is 1. The number of benzene rings is 1. The zero-order valence-electron chi connectivity index (χ0n) is 13.9. The number of nitrogens with one attached hydrogen (secondary N) is 2. The first kappa shape index (κ1) is 19.8. The van der Waals surface area contributed by atoms with Crippen molar-refractivity contribution in [2.24, 2.45) is 0 Å². The molecule has 13 heteroatoms. The van der Waals surface area contributed by atoms with Gasteiger partial charge in [-0.25, -0.2) is 8.42 Å². The highest BCUT2D eigenvalue weighted by atomic mass is 32.2. The Labute approximate surface area is 160 Å². The average Bonchev–Trinajstić information content (AvgIpc) is 3.22. The number of halogens is 3. The van der Waals surface area contributed by atoms with E-state index in [0.29, 0.717) is 0 Å². The summed E-state index contributed by atoms with van der Waals surface area (Å²) in [6.45, 7) is 0. The summed E-state index contributed by atoms with van der Waals surface area (Å²) in [6, 6.07) is 7.15. The van der Waals surface area contributed by atoms with Gasteiger partial charge < -0.3 is 4.42 Å². The van der Waals surface area contributed by atoms with Gasteiger partial charge in [0.1, 0.15) is 5.76 Å². The Balaban J connectivity index is 1.74. The fourth-order valence-corrected chi connectivity index (χ4v) is 3.57. The summed E-state index contributed by atoms with van der Waals surface area (Å²) in [5.74, 6) is -0.812. The molecule has 3 aromatic rings. The van der Waals surface area contributed by atoms with Crippen LogP contribution in [-0.4, -0.2) is 30.8 Å². The van der Waals surface area contributed by atoms with Crippen molar-refractivity contribution in [1.29, 1.82) is 0 Å². The van der Waals surface area contributed by atoms with E-state index in [1.807, 2.05) is 0 Å². The van der Waals surface area contributed by atoms with E-state index in [9.17, 15) is 26.4 Å². The second-order valence-corrected chi connectivity index (χ2v) is 8.21. The molecule has 2 heterocycles. The Morgan fingerprint density at radius 3 is 2.54 bits per heavy atom. The van der Waals surface area contributed by atoms with Crippen molar-refractivity contribution in [1.82, 2.24) is 10.2 Å². The third-order valence-electron chi connectivity index (χ3n) is 3.22. The Hall–Kier alpha value is -2.93. The molecule has 0 saturated heterocycles. The van der Waals surface area contributed by atoms with Crippen molar-refractivity contribution in [3.63, 3.8) is 0 Å². The summed E-state index contributed by atoms with van der Waals surface area (Å²) in [6.07, 6.45) is -3.57. The predicted octanol–water partition coefficient (Wildman–Crippen LogP) is 3.44. The van der Waals surface area contributed by atoms with Crippen LogP contribution in [0.15, 0.2) is 40.8 Å². The number of hydrogen-bond acceptors (Lipinski definition) is 7. The lowest BCUT2D eigenvalue weighted by atomic mass is 10.1. The number of anilines is 2. The molecular weight excluding hydrogens is 421 g/mol. The molecule has 0 aliphatic carbocycles. The number of carbonyl (C=O) groups is 1. The normalized spacial score (nSPS) is 12.0. The van der Waals surface area contributed by atoms with Gasteiger partial charge in [0, 0.05) is 5.56 Å². The maximum Gasteiger partial charge on any atom is 0.416 e. The Kier molecular flexibility index (Phi) is 5.12. The molecule has 2 N–H and O–H groups in total. The fourth-order valence-electron chi connectivity index (χ4n) is 2.10. The molecule has 0 saturated carbocycles. The van der Waals surface area contributed by atoms with Gasteiger partial charge in [-0.05, 0) is 24.3 Å². The van der Waals surface area contributed by atoms with E-state index in [1.165, 1.54) is 24.3 Å². The summed E-state index contributed by atoms with van der Waals surface area (Å²) in [5, 5.41) is 9.50.